The molecule has 2 aromatic carbocycles. The molecule has 0 aliphatic carbocycles. The zero-order valence-corrected chi connectivity index (χ0v) is 18.4. The number of ether oxygens (including phenoxy) is 2. The summed E-state index contributed by atoms with van der Waals surface area (Å²) in [5.41, 5.74) is 1.16. The van der Waals surface area contributed by atoms with Gasteiger partial charge in [-0.2, -0.15) is 8.78 Å². The molecular formula is C23H25F2N3O6. The molecule has 1 heterocycles. The highest BCUT2D eigenvalue weighted by Gasteiger charge is 2.23. The van der Waals surface area contributed by atoms with Crippen molar-refractivity contribution in [1.82, 2.24) is 5.32 Å². The van der Waals surface area contributed by atoms with E-state index in [4.69, 9.17) is 4.74 Å². The molecule has 11 heteroatoms. The summed E-state index contributed by atoms with van der Waals surface area (Å²) < 4.78 is 33.8. The third-order valence-corrected chi connectivity index (χ3v) is 5.33. The van der Waals surface area contributed by atoms with E-state index < -0.39 is 30.0 Å². The Morgan fingerprint density at radius 2 is 1.79 bits per heavy atom. The van der Waals surface area contributed by atoms with Gasteiger partial charge in [-0.1, -0.05) is 12.1 Å². The largest absolute Gasteiger partial charge is 0.452 e. The minimum absolute atomic E-state index is 0.0415. The first-order valence-electron chi connectivity index (χ1n) is 10.8. The number of rotatable bonds is 10. The van der Waals surface area contributed by atoms with Crippen molar-refractivity contribution in [1.29, 1.82) is 0 Å². The molecule has 0 atom stereocenters. The zero-order chi connectivity index (χ0) is 24.5. The lowest BCUT2D eigenvalue weighted by Crippen LogP contribution is -2.32. The van der Waals surface area contributed by atoms with Gasteiger partial charge in [0.15, 0.2) is 6.61 Å². The maximum Gasteiger partial charge on any atom is 0.387 e. The second kappa shape index (κ2) is 11.9. The number of hydrogen-bond donors (Lipinski definition) is 1. The van der Waals surface area contributed by atoms with Crippen molar-refractivity contribution >= 4 is 23.3 Å². The number of nitro benzene ring substituents is 1. The highest BCUT2D eigenvalue weighted by Crippen LogP contribution is 2.28. The molecule has 1 N–H and O–H groups in total. The van der Waals surface area contributed by atoms with Crippen molar-refractivity contribution in [3.63, 3.8) is 0 Å². The number of carbonyl (C=O) groups is 2. The van der Waals surface area contributed by atoms with Gasteiger partial charge in [0.1, 0.15) is 5.75 Å². The summed E-state index contributed by atoms with van der Waals surface area (Å²) in [6, 6.07) is 10.1. The Balaban J connectivity index is 1.52. The van der Waals surface area contributed by atoms with Crippen LogP contribution in [0, 0.1) is 10.1 Å². The van der Waals surface area contributed by atoms with Crippen LogP contribution in [0.4, 0.5) is 20.2 Å². The van der Waals surface area contributed by atoms with Gasteiger partial charge < -0.3 is 19.7 Å². The molecule has 0 aromatic heterocycles. The lowest BCUT2D eigenvalue weighted by Gasteiger charge is -2.30. The number of carbonyl (C=O) groups excluding carboxylic acids is 2. The fourth-order valence-electron chi connectivity index (χ4n) is 3.66. The fourth-order valence-corrected chi connectivity index (χ4v) is 3.66. The summed E-state index contributed by atoms with van der Waals surface area (Å²) in [7, 11) is 0. The van der Waals surface area contributed by atoms with Crippen LogP contribution < -0.4 is 15.0 Å². The van der Waals surface area contributed by atoms with Gasteiger partial charge in [-0.15, -0.1) is 0 Å². The summed E-state index contributed by atoms with van der Waals surface area (Å²) >= 11 is 0. The zero-order valence-electron chi connectivity index (χ0n) is 18.4. The van der Waals surface area contributed by atoms with E-state index in [0.29, 0.717) is 12.1 Å². The summed E-state index contributed by atoms with van der Waals surface area (Å²) in [6.07, 6.45) is 3.42. The third-order valence-electron chi connectivity index (χ3n) is 5.33. The maximum absolute atomic E-state index is 12.7. The van der Waals surface area contributed by atoms with Crippen LogP contribution in [0.2, 0.25) is 0 Å². The van der Waals surface area contributed by atoms with E-state index >= 15 is 0 Å². The summed E-state index contributed by atoms with van der Waals surface area (Å²) in [5, 5.41) is 13.8. The fraction of sp³-hybridized carbons (Fsp3) is 0.391. The Labute approximate surface area is 194 Å². The number of benzene rings is 2. The number of non-ortho nitro benzene ring substituents is 1. The molecular weight excluding hydrogens is 452 g/mol. The van der Waals surface area contributed by atoms with Crippen molar-refractivity contribution in [2.75, 3.05) is 31.1 Å². The van der Waals surface area contributed by atoms with E-state index in [1.165, 1.54) is 30.3 Å². The van der Waals surface area contributed by atoms with Crippen LogP contribution in [0.5, 0.6) is 5.75 Å². The summed E-state index contributed by atoms with van der Waals surface area (Å²) in [6.45, 7) is -1.74. The maximum atomic E-state index is 12.7. The van der Waals surface area contributed by atoms with Gasteiger partial charge in [-0.05, 0) is 49.4 Å². The van der Waals surface area contributed by atoms with E-state index in [9.17, 15) is 28.5 Å². The summed E-state index contributed by atoms with van der Waals surface area (Å²) in [4.78, 5) is 37.3. The Hall–Kier alpha value is -3.76. The molecule has 0 unspecified atom stereocenters. The smallest absolute Gasteiger partial charge is 0.387 e. The number of anilines is 1. The highest BCUT2D eigenvalue weighted by atomic mass is 19.3. The van der Waals surface area contributed by atoms with Crippen LogP contribution in [0.15, 0.2) is 42.5 Å². The highest BCUT2D eigenvalue weighted by molar-refractivity contribution is 5.97. The quantitative estimate of drug-likeness (QED) is 0.316. The van der Waals surface area contributed by atoms with Crippen molar-refractivity contribution in [3.8, 4) is 5.75 Å². The molecule has 1 aliphatic heterocycles. The lowest BCUT2D eigenvalue weighted by atomic mass is 10.1. The van der Waals surface area contributed by atoms with Gasteiger partial charge in [0.2, 0.25) is 0 Å². The molecule has 3 rings (SSSR count). The average molecular weight is 477 g/mol. The first-order chi connectivity index (χ1) is 16.3. The Kier molecular flexibility index (Phi) is 8.72. The number of hydrogen-bond acceptors (Lipinski definition) is 7. The van der Waals surface area contributed by atoms with Crippen LogP contribution in [-0.2, 0) is 16.0 Å². The summed E-state index contributed by atoms with van der Waals surface area (Å²) in [5.74, 6) is -1.30. The van der Waals surface area contributed by atoms with Gasteiger partial charge in [0.25, 0.3) is 11.6 Å². The van der Waals surface area contributed by atoms with Gasteiger partial charge in [-0.3, -0.25) is 14.9 Å². The molecule has 34 heavy (non-hydrogen) atoms. The second-order valence-electron chi connectivity index (χ2n) is 7.70. The molecule has 0 bridgehead atoms. The van der Waals surface area contributed by atoms with Gasteiger partial charge in [0.05, 0.1) is 16.2 Å². The Morgan fingerprint density at radius 3 is 2.44 bits per heavy atom. The molecule has 1 saturated heterocycles. The standard InChI is InChI=1S/C23H25F2N3O6/c24-23(25)34-18-7-4-16(5-8-18)10-11-26-21(29)15-33-22(30)19-14-17(28(31)32)6-9-20(19)27-12-2-1-3-13-27/h4-9,14,23H,1-3,10-13,15H2,(H,26,29). The average Bonchev–Trinajstić information content (AvgIpc) is 2.83. The number of nitrogens with zero attached hydrogens (tertiary/aromatic N) is 2. The van der Waals surface area contributed by atoms with E-state index in [0.717, 1.165) is 37.9 Å². The topological polar surface area (TPSA) is 111 Å². The predicted octanol–water partition coefficient (Wildman–Crippen LogP) is 3.70. The van der Waals surface area contributed by atoms with Crippen LogP contribution in [0.3, 0.4) is 0 Å². The number of alkyl halides is 2. The SMILES string of the molecule is O=C(COC(=O)c1cc([N+](=O)[O-])ccc1N1CCCCC1)NCCc1ccc(OC(F)F)cc1. The third kappa shape index (κ3) is 7.12. The van der Waals surface area contributed by atoms with Gasteiger partial charge >= 0.3 is 12.6 Å². The number of esters is 1. The number of halogens is 2. The van der Waals surface area contributed by atoms with Gasteiger partial charge in [0, 0.05) is 31.8 Å². The number of nitrogens with one attached hydrogen (secondary N) is 1. The normalized spacial score (nSPS) is 13.4. The molecule has 2 aromatic rings. The first kappa shape index (κ1) is 24.9. The molecule has 1 amide bonds. The van der Waals surface area contributed by atoms with E-state index in [1.54, 1.807) is 12.1 Å². The molecule has 0 spiro atoms. The monoisotopic (exact) mass is 477 g/mol. The minimum atomic E-state index is -2.90. The number of nitro groups is 1. The van der Waals surface area contributed by atoms with Crippen molar-refractivity contribution < 1.29 is 32.8 Å². The number of amides is 1. The van der Waals surface area contributed by atoms with Crippen LogP contribution in [0.25, 0.3) is 0 Å². The van der Waals surface area contributed by atoms with Crippen LogP contribution in [-0.4, -0.2) is 49.7 Å². The van der Waals surface area contributed by atoms with Crippen molar-refractivity contribution in [2.24, 2.45) is 0 Å². The minimum Gasteiger partial charge on any atom is -0.452 e. The molecule has 0 saturated carbocycles. The van der Waals surface area contributed by atoms with Crippen LogP contribution in [0.1, 0.15) is 35.2 Å². The predicted molar refractivity (Wildman–Crippen MR) is 119 cm³/mol. The molecule has 1 fully saturated rings. The Bertz CT molecular complexity index is 1010. The lowest BCUT2D eigenvalue weighted by molar-refractivity contribution is -0.384. The van der Waals surface area contributed by atoms with E-state index in [2.05, 4.69) is 10.1 Å². The van der Waals surface area contributed by atoms with Crippen LogP contribution >= 0.6 is 0 Å². The number of piperidine rings is 1. The van der Waals surface area contributed by atoms with Gasteiger partial charge in [-0.25, -0.2) is 4.79 Å². The molecule has 0 radical (unpaired) electrons. The van der Waals surface area contributed by atoms with E-state index in [-0.39, 0.29) is 23.5 Å². The van der Waals surface area contributed by atoms with Crippen molar-refractivity contribution in [2.45, 2.75) is 32.3 Å². The molecule has 1 aliphatic rings. The molecule has 9 nitrogen and oxygen atoms in total. The van der Waals surface area contributed by atoms with Crippen molar-refractivity contribution in [3.05, 3.63) is 63.7 Å². The molecule has 182 valence electrons. The second-order valence-corrected chi connectivity index (χ2v) is 7.70. The first-order valence-corrected chi connectivity index (χ1v) is 10.8. The Morgan fingerprint density at radius 1 is 1.09 bits per heavy atom. The van der Waals surface area contributed by atoms with E-state index in [1.807, 2.05) is 4.90 Å².